The van der Waals surface area contributed by atoms with Gasteiger partial charge in [0.15, 0.2) is 5.82 Å². The maximum atomic E-state index is 12.9. The third kappa shape index (κ3) is 5.06. The minimum Gasteiger partial charge on any atom is -0.355 e. The lowest BCUT2D eigenvalue weighted by atomic mass is 9.95. The average molecular weight is 507 g/mol. The van der Waals surface area contributed by atoms with Gasteiger partial charge in [-0.2, -0.15) is 0 Å². The molecule has 184 valence electrons. The Kier molecular flexibility index (Phi) is 6.32. The molecule has 5 aromatic rings. The first-order valence-corrected chi connectivity index (χ1v) is 13.2. The molecule has 7 nitrogen and oxygen atoms in total. The molecule has 0 aliphatic carbocycles. The third-order valence-electron chi connectivity index (χ3n) is 6.74. The number of nitrogens with one attached hydrogen (secondary N) is 1. The van der Waals surface area contributed by atoms with Crippen molar-refractivity contribution in [3.8, 4) is 21.8 Å². The van der Waals surface area contributed by atoms with E-state index in [1.165, 1.54) is 10.3 Å². The van der Waals surface area contributed by atoms with Crippen molar-refractivity contribution in [1.82, 2.24) is 20.2 Å². The van der Waals surface area contributed by atoms with Crippen LogP contribution in [-0.4, -0.2) is 39.2 Å². The second-order valence-electron chi connectivity index (χ2n) is 9.34. The number of fused-ring (bicyclic) bond motifs is 1. The first-order valence-electron chi connectivity index (χ1n) is 12.4. The largest absolute Gasteiger partial charge is 0.355 e. The van der Waals surface area contributed by atoms with E-state index in [-0.39, 0.29) is 11.8 Å². The van der Waals surface area contributed by atoms with Crippen molar-refractivity contribution in [3.05, 3.63) is 84.7 Å². The summed E-state index contributed by atoms with van der Waals surface area (Å²) in [4.78, 5) is 24.0. The number of aryl methyl sites for hydroxylation is 1. The summed E-state index contributed by atoms with van der Waals surface area (Å²) < 4.78 is 1.19. The monoisotopic (exact) mass is 506 g/mol. The highest BCUT2D eigenvalue weighted by molar-refractivity contribution is 7.21. The van der Waals surface area contributed by atoms with Gasteiger partial charge < -0.3 is 10.2 Å². The summed E-state index contributed by atoms with van der Waals surface area (Å²) >= 11 is 1.69. The molecule has 0 bridgehead atoms. The number of thiazole rings is 1. The number of anilines is 2. The summed E-state index contributed by atoms with van der Waals surface area (Å²) in [6.45, 7) is 3.64. The molecule has 0 spiro atoms. The summed E-state index contributed by atoms with van der Waals surface area (Å²) in [6.07, 6.45) is 5.08. The summed E-state index contributed by atoms with van der Waals surface area (Å²) in [6, 6.07) is 22.1. The first-order chi connectivity index (χ1) is 18.1. The Labute approximate surface area is 219 Å². The van der Waals surface area contributed by atoms with Crippen molar-refractivity contribution in [2.24, 2.45) is 5.92 Å². The maximum absolute atomic E-state index is 12.9. The predicted octanol–water partition coefficient (Wildman–Crippen LogP) is 5.98. The van der Waals surface area contributed by atoms with Gasteiger partial charge in [0.25, 0.3) is 0 Å². The molecule has 6 rings (SSSR count). The second kappa shape index (κ2) is 10.1. The zero-order valence-corrected chi connectivity index (χ0v) is 21.3. The van der Waals surface area contributed by atoms with Crippen molar-refractivity contribution < 1.29 is 4.79 Å². The number of rotatable bonds is 5. The second-order valence-corrected chi connectivity index (χ2v) is 10.4. The van der Waals surface area contributed by atoms with Crippen LogP contribution in [0, 0.1) is 12.8 Å². The molecule has 0 unspecified atom stereocenters. The molecule has 1 aliphatic heterocycles. The van der Waals surface area contributed by atoms with Crippen molar-refractivity contribution in [1.29, 1.82) is 0 Å². The van der Waals surface area contributed by atoms with E-state index in [2.05, 4.69) is 50.5 Å². The quantitative estimate of drug-likeness (QED) is 0.316. The Morgan fingerprint density at radius 1 is 0.973 bits per heavy atom. The van der Waals surface area contributed by atoms with Crippen LogP contribution in [0.1, 0.15) is 18.4 Å². The van der Waals surface area contributed by atoms with Crippen LogP contribution in [0.4, 0.5) is 11.5 Å². The molecule has 0 saturated carbocycles. The Bertz CT molecular complexity index is 1530. The number of hydrogen-bond donors (Lipinski definition) is 1. The highest BCUT2D eigenvalue weighted by Crippen LogP contribution is 2.31. The molecule has 0 radical (unpaired) electrons. The van der Waals surface area contributed by atoms with E-state index >= 15 is 0 Å². The van der Waals surface area contributed by atoms with Crippen molar-refractivity contribution in [3.63, 3.8) is 0 Å². The average Bonchev–Trinajstić information content (AvgIpc) is 3.37. The SMILES string of the molecule is Cc1ccc2nc(-c3ccc(NC(=O)C4CCN(c5ccc(-c6cccnc6)nn5)CC4)cc3)sc2c1. The van der Waals surface area contributed by atoms with E-state index in [9.17, 15) is 4.79 Å². The van der Waals surface area contributed by atoms with E-state index in [0.29, 0.717) is 0 Å². The van der Waals surface area contributed by atoms with Crippen LogP contribution in [0.15, 0.2) is 79.1 Å². The fourth-order valence-corrected chi connectivity index (χ4v) is 5.70. The van der Waals surface area contributed by atoms with Crippen LogP contribution in [-0.2, 0) is 4.79 Å². The van der Waals surface area contributed by atoms with Gasteiger partial charge in [0.1, 0.15) is 5.01 Å². The minimum absolute atomic E-state index is 0.0222. The Morgan fingerprint density at radius 3 is 2.54 bits per heavy atom. The lowest BCUT2D eigenvalue weighted by molar-refractivity contribution is -0.120. The summed E-state index contributed by atoms with van der Waals surface area (Å²) in [7, 11) is 0. The summed E-state index contributed by atoms with van der Waals surface area (Å²) in [5.41, 5.74) is 5.87. The molecule has 3 aromatic heterocycles. The zero-order chi connectivity index (χ0) is 25.2. The molecule has 37 heavy (non-hydrogen) atoms. The van der Waals surface area contributed by atoms with Gasteiger partial charge in [-0.3, -0.25) is 9.78 Å². The summed E-state index contributed by atoms with van der Waals surface area (Å²) in [5.74, 6) is 0.888. The molecule has 1 amide bonds. The van der Waals surface area contributed by atoms with Crippen molar-refractivity contribution >= 4 is 39.0 Å². The Hall–Kier alpha value is -4.17. The van der Waals surface area contributed by atoms with Gasteiger partial charge in [0.05, 0.1) is 15.9 Å². The van der Waals surface area contributed by atoms with Gasteiger partial charge in [-0.1, -0.05) is 6.07 Å². The van der Waals surface area contributed by atoms with E-state index < -0.39 is 0 Å². The topological polar surface area (TPSA) is 83.9 Å². The van der Waals surface area contributed by atoms with Crippen LogP contribution in [0.2, 0.25) is 0 Å². The van der Waals surface area contributed by atoms with E-state index in [1.54, 1.807) is 23.7 Å². The first kappa shape index (κ1) is 23.2. The molecular weight excluding hydrogens is 480 g/mol. The van der Waals surface area contributed by atoms with Crippen LogP contribution in [0.3, 0.4) is 0 Å². The number of hydrogen-bond acceptors (Lipinski definition) is 7. The van der Waals surface area contributed by atoms with Gasteiger partial charge >= 0.3 is 0 Å². The van der Waals surface area contributed by atoms with E-state index in [1.807, 2.05) is 48.5 Å². The number of carbonyl (C=O) groups is 1. The fraction of sp³-hybridized carbons (Fsp3) is 0.207. The number of carbonyl (C=O) groups excluding carboxylic acids is 1. The molecule has 1 fully saturated rings. The number of aromatic nitrogens is 4. The molecule has 4 heterocycles. The zero-order valence-electron chi connectivity index (χ0n) is 20.5. The Morgan fingerprint density at radius 2 is 1.81 bits per heavy atom. The van der Waals surface area contributed by atoms with Crippen LogP contribution in [0.5, 0.6) is 0 Å². The number of pyridine rings is 1. The highest BCUT2D eigenvalue weighted by atomic mass is 32.1. The molecular formula is C29H26N6OS. The van der Waals surface area contributed by atoms with Crippen LogP contribution < -0.4 is 10.2 Å². The number of nitrogens with zero attached hydrogens (tertiary/aromatic N) is 5. The number of piperidine rings is 1. The highest BCUT2D eigenvalue weighted by Gasteiger charge is 2.26. The standard InChI is InChI=1S/C29H26N6OS/c1-19-4-9-25-26(17-19)37-29(32-25)21-5-7-23(8-6-21)31-28(36)20-12-15-35(16-13-20)27-11-10-24(33-34-27)22-3-2-14-30-18-22/h2-11,14,17-18,20H,12-13,15-16H2,1H3,(H,31,36). The lowest BCUT2D eigenvalue weighted by Gasteiger charge is -2.31. The predicted molar refractivity (Wildman–Crippen MR) is 149 cm³/mol. The molecule has 2 aromatic carbocycles. The van der Waals surface area contributed by atoms with E-state index in [0.717, 1.165) is 64.8 Å². The Balaban J connectivity index is 1.04. The molecule has 8 heteroatoms. The number of benzene rings is 2. The van der Waals surface area contributed by atoms with Crippen molar-refractivity contribution in [2.45, 2.75) is 19.8 Å². The normalized spacial score (nSPS) is 14.1. The van der Waals surface area contributed by atoms with Gasteiger partial charge in [0, 0.05) is 48.2 Å². The molecule has 1 aliphatic rings. The third-order valence-corrected chi connectivity index (χ3v) is 7.81. The number of amides is 1. The fourth-order valence-electron chi connectivity index (χ4n) is 4.63. The molecule has 1 N–H and O–H groups in total. The minimum atomic E-state index is -0.0222. The molecule has 0 atom stereocenters. The molecule has 1 saturated heterocycles. The smallest absolute Gasteiger partial charge is 0.227 e. The van der Waals surface area contributed by atoms with Crippen molar-refractivity contribution in [2.75, 3.05) is 23.3 Å². The van der Waals surface area contributed by atoms with E-state index in [4.69, 9.17) is 4.98 Å². The lowest BCUT2D eigenvalue weighted by Crippen LogP contribution is -2.38. The van der Waals surface area contributed by atoms with Gasteiger partial charge in [-0.25, -0.2) is 4.98 Å². The van der Waals surface area contributed by atoms with Crippen LogP contribution in [0.25, 0.3) is 32.0 Å². The van der Waals surface area contributed by atoms with Gasteiger partial charge in [-0.15, -0.1) is 21.5 Å². The van der Waals surface area contributed by atoms with Gasteiger partial charge in [-0.05, 0) is 86.0 Å². The summed E-state index contributed by atoms with van der Waals surface area (Å²) in [5, 5.41) is 12.9. The maximum Gasteiger partial charge on any atom is 0.227 e. The van der Waals surface area contributed by atoms with Gasteiger partial charge in [0.2, 0.25) is 5.91 Å². The van der Waals surface area contributed by atoms with Crippen LogP contribution >= 0.6 is 11.3 Å².